The highest BCUT2D eigenvalue weighted by Gasteiger charge is 2.38. The van der Waals surface area contributed by atoms with E-state index in [2.05, 4.69) is 215 Å². The Morgan fingerprint density at radius 3 is 1.38 bits per heavy atom. The zero-order chi connectivity index (χ0) is 45.8. The fourth-order valence-corrected chi connectivity index (χ4v) is 9.11. The number of pyridine rings is 3. The molecule has 0 aromatic carbocycles. The molecule has 11 nitrogen and oxygen atoms in total. The average molecular weight is 1090 g/mol. The molecule has 336 valence electrons. The smallest absolute Gasteiger partial charge is 0.192 e. The summed E-state index contributed by atoms with van der Waals surface area (Å²) in [6.07, 6.45) is 11.8. The molecule has 0 spiro atoms. The summed E-state index contributed by atoms with van der Waals surface area (Å²) in [4.78, 5) is 0. The lowest BCUT2D eigenvalue weighted by Gasteiger charge is -2.36. The Balaban J connectivity index is 0.000000208. The van der Waals surface area contributed by atoms with Crippen molar-refractivity contribution >= 4 is 78.4 Å². The lowest BCUT2D eigenvalue weighted by atomic mass is 9.96. The van der Waals surface area contributed by atoms with Crippen LogP contribution in [0, 0.1) is 7.14 Å². The largest absolute Gasteiger partial charge is 0.416 e. The minimum Gasteiger partial charge on any atom is -0.416 e. The van der Waals surface area contributed by atoms with Crippen LogP contribution >= 0.6 is 45.2 Å². The van der Waals surface area contributed by atoms with Crippen molar-refractivity contribution in [2.75, 3.05) is 26.3 Å². The molecular weight excluding hydrogens is 1020 g/mol. The van der Waals surface area contributed by atoms with Crippen molar-refractivity contribution in [1.29, 1.82) is 0 Å². The molecule has 61 heavy (non-hydrogen) atoms. The van der Waals surface area contributed by atoms with E-state index in [1.165, 1.54) is 14.7 Å². The first-order valence-electron chi connectivity index (χ1n) is 21.2. The van der Waals surface area contributed by atoms with Crippen molar-refractivity contribution in [1.82, 2.24) is 39.5 Å². The van der Waals surface area contributed by atoms with Crippen molar-refractivity contribution in [3.63, 3.8) is 0 Å². The first kappa shape index (κ1) is 51.4. The van der Waals surface area contributed by atoms with Gasteiger partial charge in [-0.2, -0.15) is 15.3 Å². The van der Waals surface area contributed by atoms with Gasteiger partial charge in [-0.05, 0) is 164 Å². The lowest BCUT2D eigenvalue weighted by Crippen LogP contribution is -2.44. The second-order valence-corrected chi connectivity index (χ2v) is 32.6. The molecule has 0 atom stereocenters. The van der Waals surface area contributed by atoms with E-state index in [-0.39, 0.29) is 26.7 Å². The normalized spacial score (nSPS) is 13.4. The van der Waals surface area contributed by atoms with Crippen LogP contribution in [0.4, 0.5) is 0 Å². The van der Waals surface area contributed by atoms with Crippen LogP contribution in [0.5, 0.6) is 0 Å². The zero-order valence-electron chi connectivity index (χ0n) is 39.7. The van der Waals surface area contributed by atoms with Crippen LogP contribution in [-0.2, 0) is 25.5 Å². The number of aromatic nitrogens is 6. The van der Waals surface area contributed by atoms with Gasteiger partial charge in [-0.15, -0.1) is 0 Å². The summed E-state index contributed by atoms with van der Waals surface area (Å²) in [7, 11) is -3.33. The lowest BCUT2D eigenvalue weighted by molar-refractivity contribution is 0.264. The summed E-state index contributed by atoms with van der Waals surface area (Å²) >= 11 is 4.59. The second kappa shape index (κ2) is 19.9. The quantitative estimate of drug-likeness (QED) is 0.0594. The van der Waals surface area contributed by atoms with Crippen LogP contribution in [-0.4, -0.2) is 71.8 Å². The van der Waals surface area contributed by atoms with E-state index in [1.54, 1.807) is 0 Å². The highest BCUT2D eigenvalue weighted by molar-refractivity contribution is 14.1. The molecule has 0 aliphatic carbocycles. The SMILES string of the molecule is CC(C)(N)c1ccc2c(I)cnn2c1.CC(C)(NCCO[Si](C)(C)C(C)(C)C)c1ccc2c(I)cnn2c1.CC(C)(NCCO[Si](C)(C)C(C)(C)C)c1ccc2ccnn2c1. The molecule has 0 fully saturated rings. The van der Waals surface area contributed by atoms with Gasteiger partial charge in [0.25, 0.3) is 0 Å². The average Bonchev–Trinajstić information content (AvgIpc) is 3.89. The summed E-state index contributed by atoms with van der Waals surface area (Å²) in [6.45, 7) is 38.8. The van der Waals surface area contributed by atoms with E-state index in [4.69, 9.17) is 14.6 Å². The van der Waals surface area contributed by atoms with Crippen LogP contribution in [0.2, 0.25) is 36.3 Å². The molecule has 6 aromatic heterocycles. The van der Waals surface area contributed by atoms with Gasteiger partial charge in [0.05, 0.1) is 36.1 Å². The molecule has 0 radical (unpaired) electrons. The Kier molecular flexibility index (Phi) is 16.7. The summed E-state index contributed by atoms with van der Waals surface area (Å²) in [5, 5.41) is 20.7. The predicted molar refractivity (Wildman–Crippen MR) is 277 cm³/mol. The Bertz CT molecular complexity index is 2350. The first-order chi connectivity index (χ1) is 28.0. The second-order valence-electron chi connectivity index (χ2n) is 20.6. The van der Waals surface area contributed by atoms with E-state index in [0.29, 0.717) is 0 Å². The molecule has 0 saturated carbocycles. The third-order valence-electron chi connectivity index (χ3n) is 12.4. The van der Waals surface area contributed by atoms with Crippen LogP contribution in [0.25, 0.3) is 16.6 Å². The highest BCUT2D eigenvalue weighted by Crippen LogP contribution is 2.37. The van der Waals surface area contributed by atoms with Gasteiger partial charge in [0.1, 0.15) is 0 Å². The van der Waals surface area contributed by atoms with Crippen LogP contribution in [0.1, 0.15) is 99.8 Å². The number of nitrogens with one attached hydrogen (secondary N) is 2. The molecule has 15 heteroatoms. The van der Waals surface area contributed by atoms with Crippen molar-refractivity contribution in [3.8, 4) is 0 Å². The standard InChI is InChI=1S/C18H30IN3OSi.C18H31N3OSi.C10H12IN3/c1-17(2,3)24(6,7)23-11-10-20-18(4,5)14-8-9-16-15(19)12-21-22(16)13-14;1-17(2,3)23(6,7)22-13-12-19-18(4,5)15-8-9-16-10-11-20-21(16)14-15;1-10(2,12)7-3-4-9-8(11)5-13-14(9)6-7/h8-9,12-13,20H,10-11H2,1-7H3;8-11,14,19H,12-13H2,1-7H3;3-6H,12H2,1-2H3. The number of hydrogen-bond acceptors (Lipinski definition) is 8. The summed E-state index contributed by atoms with van der Waals surface area (Å²) in [5.41, 5.74) is 12.4. The monoisotopic (exact) mass is 1090 g/mol. The van der Waals surface area contributed by atoms with Gasteiger partial charge < -0.3 is 25.2 Å². The van der Waals surface area contributed by atoms with Gasteiger partial charge in [-0.3, -0.25) is 0 Å². The molecule has 0 aliphatic heterocycles. The first-order valence-corrected chi connectivity index (χ1v) is 29.2. The Morgan fingerprint density at radius 1 is 0.557 bits per heavy atom. The van der Waals surface area contributed by atoms with Crippen LogP contribution in [0.3, 0.4) is 0 Å². The topological polar surface area (TPSA) is 120 Å². The summed E-state index contributed by atoms with van der Waals surface area (Å²) in [6, 6.07) is 14.7. The number of halogens is 2. The van der Waals surface area contributed by atoms with Crippen molar-refractivity contribution < 1.29 is 8.85 Å². The minimum atomic E-state index is -1.67. The Hall–Kier alpha value is -2.24. The van der Waals surface area contributed by atoms with Gasteiger partial charge in [-0.25, -0.2) is 13.5 Å². The molecular formula is C46H73I2N9O2Si2. The Labute approximate surface area is 395 Å². The van der Waals surface area contributed by atoms with Gasteiger partial charge in [-0.1, -0.05) is 59.7 Å². The minimum absolute atomic E-state index is 0.114. The summed E-state index contributed by atoms with van der Waals surface area (Å²) < 4.78 is 20.6. The van der Waals surface area contributed by atoms with E-state index < -0.39 is 16.6 Å². The van der Waals surface area contributed by atoms with Gasteiger partial charge in [0.15, 0.2) is 16.6 Å². The number of nitrogens with zero attached hydrogens (tertiary/aromatic N) is 6. The van der Waals surface area contributed by atoms with E-state index >= 15 is 0 Å². The maximum atomic E-state index is 6.26. The fourth-order valence-electron chi connectivity index (χ4n) is 5.92. The highest BCUT2D eigenvalue weighted by atomic mass is 127. The number of hydrogen-bond donors (Lipinski definition) is 3. The maximum Gasteiger partial charge on any atom is 0.192 e. The number of rotatable bonds is 13. The number of fused-ring (bicyclic) bond motifs is 3. The van der Waals surface area contributed by atoms with Crippen LogP contribution in [0.15, 0.2) is 79.6 Å². The third kappa shape index (κ3) is 13.6. The Morgan fingerprint density at radius 2 is 0.951 bits per heavy atom. The molecule has 0 unspecified atom stereocenters. The van der Waals surface area contributed by atoms with Gasteiger partial charge in [0, 0.05) is 67.7 Å². The van der Waals surface area contributed by atoms with Crippen molar-refractivity contribution in [2.45, 2.75) is 136 Å². The molecule has 6 aromatic rings. The molecule has 6 rings (SSSR count). The third-order valence-corrected chi connectivity index (χ3v) is 23.1. The van der Waals surface area contributed by atoms with E-state index in [0.717, 1.165) is 52.0 Å². The molecule has 0 saturated heterocycles. The molecule has 0 aliphatic rings. The molecule has 4 N–H and O–H groups in total. The van der Waals surface area contributed by atoms with Gasteiger partial charge >= 0.3 is 0 Å². The molecule has 0 bridgehead atoms. The molecule has 0 amide bonds. The molecule has 6 heterocycles. The van der Waals surface area contributed by atoms with Crippen molar-refractivity contribution in [2.24, 2.45) is 5.73 Å². The summed E-state index contributed by atoms with van der Waals surface area (Å²) in [5.74, 6) is 0. The van der Waals surface area contributed by atoms with Crippen molar-refractivity contribution in [3.05, 3.63) is 103 Å². The number of nitrogens with two attached hydrogens (primary N) is 1. The van der Waals surface area contributed by atoms with E-state index in [9.17, 15) is 0 Å². The van der Waals surface area contributed by atoms with Gasteiger partial charge in [0.2, 0.25) is 0 Å². The predicted octanol–water partition coefficient (Wildman–Crippen LogP) is 11.1. The zero-order valence-corrected chi connectivity index (χ0v) is 46.0. The maximum absolute atomic E-state index is 6.26. The van der Waals surface area contributed by atoms with Crippen LogP contribution < -0.4 is 16.4 Å². The fraction of sp³-hybridized carbons (Fsp3) is 0.543. The van der Waals surface area contributed by atoms with E-state index in [1.807, 2.05) is 58.2 Å².